The molecular formula is C12H15N3O2S. The molecule has 0 radical (unpaired) electrons. The van der Waals surface area contributed by atoms with Gasteiger partial charge in [-0.3, -0.25) is 0 Å². The number of aromatic nitrogens is 1. The summed E-state index contributed by atoms with van der Waals surface area (Å²) in [6.45, 7) is 5.65. The van der Waals surface area contributed by atoms with Crippen LogP contribution in [-0.2, 0) is 0 Å². The molecule has 2 rings (SSSR count). The molecule has 0 fully saturated rings. The first-order valence-corrected chi connectivity index (χ1v) is 6.31. The zero-order valence-corrected chi connectivity index (χ0v) is 11.3. The second-order valence-electron chi connectivity index (χ2n) is 4.97. The van der Waals surface area contributed by atoms with Crippen molar-refractivity contribution in [3.05, 3.63) is 18.2 Å². The van der Waals surface area contributed by atoms with E-state index < -0.39 is 6.09 Å². The van der Waals surface area contributed by atoms with Gasteiger partial charge in [-0.2, -0.15) is 0 Å². The van der Waals surface area contributed by atoms with Gasteiger partial charge in [-0.05, 0) is 39.0 Å². The Kier molecular flexibility index (Phi) is 3.13. The molecule has 1 heterocycles. The molecule has 0 aliphatic carbocycles. The minimum absolute atomic E-state index is 0.317. The Morgan fingerprint density at radius 2 is 2.17 bits per heavy atom. The summed E-state index contributed by atoms with van der Waals surface area (Å²) in [7, 11) is 0. The van der Waals surface area contributed by atoms with E-state index in [0.717, 1.165) is 10.2 Å². The minimum Gasteiger partial charge on any atom is -0.399 e. The molecule has 1 aromatic carbocycles. The highest BCUT2D eigenvalue weighted by molar-refractivity contribution is 7.20. The van der Waals surface area contributed by atoms with E-state index in [9.17, 15) is 4.79 Å². The van der Waals surface area contributed by atoms with E-state index in [1.807, 2.05) is 26.8 Å². The van der Waals surface area contributed by atoms with Gasteiger partial charge in [-0.1, -0.05) is 11.3 Å². The number of rotatable bonds is 1. The van der Waals surface area contributed by atoms with Crippen LogP contribution in [0.3, 0.4) is 0 Å². The lowest BCUT2D eigenvalue weighted by Crippen LogP contribution is -2.42. The number of hydrogen-bond donors (Lipinski definition) is 2. The van der Waals surface area contributed by atoms with Crippen molar-refractivity contribution in [3.8, 4) is 5.19 Å². The lowest BCUT2D eigenvalue weighted by molar-refractivity contribution is 0.190. The summed E-state index contributed by atoms with van der Waals surface area (Å²) in [5.41, 5.74) is 6.70. The number of nitrogens with zero attached hydrogens (tertiary/aromatic N) is 1. The van der Waals surface area contributed by atoms with Crippen LogP contribution >= 0.6 is 11.3 Å². The average Bonchev–Trinajstić information content (AvgIpc) is 2.55. The number of benzene rings is 1. The highest BCUT2D eigenvalue weighted by atomic mass is 32.1. The standard InChI is InChI=1S/C12H15N3O2S/c1-12(2,3)15-10(16)17-11-14-8-6-7(13)4-5-9(8)18-11/h4-6H,13H2,1-3H3,(H,15,16). The molecule has 6 heteroatoms. The number of nitrogen functional groups attached to an aromatic ring is 1. The summed E-state index contributed by atoms with van der Waals surface area (Å²) >= 11 is 1.31. The molecule has 0 unspecified atom stereocenters. The van der Waals surface area contributed by atoms with Crippen LogP contribution in [0.25, 0.3) is 10.2 Å². The summed E-state index contributed by atoms with van der Waals surface area (Å²) in [5, 5.41) is 3.02. The van der Waals surface area contributed by atoms with Crippen LogP contribution in [-0.4, -0.2) is 16.6 Å². The fraction of sp³-hybridized carbons (Fsp3) is 0.333. The van der Waals surface area contributed by atoms with Gasteiger partial charge in [-0.25, -0.2) is 9.78 Å². The van der Waals surface area contributed by atoms with Crippen molar-refractivity contribution in [1.29, 1.82) is 0 Å². The molecule has 0 aliphatic heterocycles. The minimum atomic E-state index is -0.505. The van der Waals surface area contributed by atoms with E-state index >= 15 is 0 Å². The second kappa shape index (κ2) is 4.45. The number of hydrogen-bond acceptors (Lipinski definition) is 5. The number of ether oxygens (including phenoxy) is 1. The van der Waals surface area contributed by atoms with E-state index in [-0.39, 0.29) is 5.54 Å². The first kappa shape index (κ1) is 12.6. The number of carbonyl (C=O) groups is 1. The van der Waals surface area contributed by atoms with Crippen molar-refractivity contribution >= 4 is 33.3 Å². The number of carbonyl (C=O) groups excluding carboxylic acids is 1. The highest BCUT2D eigenvalue weighted by Gasteiger charge is 2.16. The molecule has 5 nitrogen and oxygen atoms in total. The molecule has 2 aromatic rings. The van der Waals surface area contributed by atoms with Crippen LogP contribution in [0.1, 0.15) is 20.8 Å². The van der Waals surface area contributed by atoms with Gasteiger partial charge in [0, 0.05) is 11.2 Å². The average molecular weight is 265 g/mol. The summed E-state index contributed by atoms with van der Waals surface area (Å²) in [4.78, 5) is 15.8. The van der Waals surface area contributed by atoms with Crippen LogP contribution in [0.2, 0.25) is 0 Å². The van der Waals surface area contributed by atoms with Crippen LogP contribution < -0.4 is 15.8 Å². The van der Waals surface area contributed by atoms with Crippen molar-refractivity contribution in [2.24, 2.45) is 0 Å². The van der Waals surface area contributed by atoms with Gasteiger partial charge in [0.15, 0.2) is 0 Å². The molecular weight excluding hydrogens is 250 g/mol. The lowest BCUT2D eigenvalue weighted by Gasteiger charge is -2.18. The quantitative estimate of drug-likeness (QED) is 0.777. The fourth-order valence-corrected chi connectivity index (χ4v) is 2.17. The lowest BCUT2D eigenvalue weighted by atomic mass is 10.1. The van der Waals surface area contributed by atoms with E-state index in [2.05, 4.69) is 10.3 Å². The monoisotopic (exact) mass is 265 g/mol. The van der Waals surface area contributed by atoms with Gasteiger partial charge in [0.1, 0.15) is 0 Å². The Morgan fingerprint density at radius 1 is 1.44 bits per heavy atom. The van der Waals surface area contributed by atoms with E-state index in [1.165, 1.54) is 11.3 Å². The van der Waals surface area contributed by atoms with Gasteiger partial charge in [-0.15, -0.1) is 0 Å². The number of amides is 1. The van der Waals surface area contributed by atoms with Crippen LogP contribution in [0.4, 0.5) is 10.5 Å². The number of fused-ring (bicyclic) bond motifs is 1. The van der Waals surface area contributed by atoms with Crippen LogP contribution in [0, 0.1) is 0 Å². The molecule has 18 heavy (non-hydrogen) atoms. The van der Waals surface area contributed by atoms with Crippen LogP contribution in [0.15, 0.2) is 18.2 Å². The molecule has 0 bridgehead atoms. The number of thiazole rings is 1. The summed E-state index contributed by atoms with van der Waals surface area (Å²) < 4.78 is 6.06. The highest BCUT2D eigenvalue weighted by Crippen LogP contribution is 2.29. The normalized spacial score (nSPS) is 11.5. The number of nitrogens with one attached hydrogen (secondary N) is 1. The number of anilines is 1. The van der Waals surface area contributed by atoms with Crippen molar-refractivity contribution in [1.82, 2.24) is 10.3 Å². The third-order valence-electron chi connectivity index (χ3n) is 2.05. The Morgan fingerprint density at radius 3 is 2.83 bits per heavy atom. The van der Waals surface area contributed by atoms with E-state index in [4.69, 9.17) is 10.5 Å². The fourth-order valence-electron chi connectivity index (χ4n) is 1.38. The van der Waals surface area contributed by atoms with E-state index in [1.54, 1.807) is 12.1 Å². The van der Waals surface area contributed by atoms with Crippen molar-refractivity contribution < 1.29 is 9.53 Å². The largest absolute Gasteiger partial charge is 0.414 e. The first-order chi connectivity index (χ1) is 8.33. The Labute approximate surface area is 109 Å². The predicted octanol–water partition coefficient (Wildman–Crippen LogP) is 2.77. The van der Waals surface area contributed by atoms with E-state index in [0.29, 0.717) is 10.9 Å². The Balaban J connectivity index is 2.15. The topological polar surface area (TPSA) is 77.2 Å². The van der Waals surface area contributed by atoms with Gasteiger partial charge < -0.3 is 15.8 Å². The molecule has 0 spiro atoms. The van der Waals surface area contributed by atoms with Gasteiger partial charge in [0.05, 0.1) is 10.2 Å². The van der Waals surface area contributed by atoms with Crippen molar-refractivity contribution in [2.75, 3.05) is 5.73 Å². The zero-order valence-electron chi connectivity index (χ0n) is 10.5. The van der Waals surface area contributed by atoms with Crippen molar-refractivity contribution in [3.63, 3.8) is 0 Å². The van der Waals surface area contributed by atoms with Crippen molar-refractivity contribution in [2.45, 2.75) is 26.3 Å². The summed E-state index contributed by atoms with van der Waals surface area (Å²) in [6, 6.07) is 5.40. The number of nitrogens with two attached hydrogens (primary N) is 1. The summed E-state index contributed by atoms with van der Waals surface area (Å²) in [6.07, 6.45) is -0.505. The Hall–Kier alpha value is -1.82. The van der Waals surface area contributed by atoms with Gasteiger partial charge in [0.25, 0.3) is 5.19 Å². The molecule has 1 amide bonds. The Bertz CT molecular complexity index is 587. The predicted molar refractivity (Wildman–Crippen MR) is 72.9 cm³/mol. The molecule has 0 aliphatic rings. The molecule has 0 saturated carbocycles. The maximum Gasteiger partial charge on any atom is 0.414 e. The third-order valence-corrected chi connectivity index (χ3v) is 2.96. The zero-order chi connectivity index (χ0) is 13.3. The second-order valence-corrected chi connectivity index (χ2v) is 5.96. The molecule has 1 aromatic heterocycles. The smallest absolute Gasteiger partial charge is 0.399 e. The maximum atomic E-state index is 11.6. The SMILES string of the molecule is CC(C)(C)NC(=O)Oc1nc2cc(N)ccc2s1. The van der Waals surface area contributed by atoms with Crippen LogP contribution in [0.5, 0.6) is 5.19 Å². The third kappa shape index (κ3) is 3.10. The molecule has 96 valence electrons. The van der Waals surface area contributed by atoms with Gasteiger partial charge >= 0.3 is 6.09 Å². The molecule has 0 atom stereocenters. The molecule has 0 saturated heterocycles. The summed E-state index contributed by atoms with van der Waals surface area (Å²) in [5.74, 6) is 0. The maximum absolute atomic E-state index is 11.6. The first-order valence-electron chi connectivity index (χ1n) is 5.49. The van der Waals surface area contributed by atoms with Gasteiger partial charge in [0.2, 0.25) is 0 Å². The molecule has 3 N–H and O–H groups in total.